The summed E-state index contributed by atoms with van der Waals surface area (Å²) in [5.41, 5.74) is 7.81. The molecule has 1 aromatic heterocycles. The van der Waals surface area contributed by atoms with Crippen LogP contribution in [0.1, 0.15) is 27.5 Å². The molecule has 1 saturated heterocycles. The van der Waals surface area contributed by atoms with Crippen molar-refractivity contribution in [2.24, 2.45) is 10.7 Å². The standard InChI is InChI=1S/C23H20N4O4S/c1-31-20-15-9-13(7-8-17(15)25-11-16(20)21(24)29)10-19-22(30)27-23(32-19)26-18(12-28)14-5-3-2-4-6-14/h2-11,18,28H,12H2,1H3,(H2,24,29)(H,26,27,30)/t18-/m0/s1. The van der Waals surface area contributed by atoms with Gasteiger partial charge in [0.25, 0.3) is 11.8 Å². The third kappa shape index (κ3) is 4.34. The molecule has 1 atom stereocenters. The molecule has 2 heterocycles. The minimum absolute atomic E-state index is 0.178. The summed E-state index contributed by atoms with van der Waals surface area (Å²) in [6.45, 7) is -0.178. The maximum absolute atomic E-state index is 12.5. The first-order valence-electron chi connectivity index (χ1n) is 9.71. The topological polar surface area (TPSA) is 127 Å². The monoisotopic (exact) mass is 448 g/mol. The number of pyridine rings is 1. The molecule has 3 aromatic rings. The van der Waals surface area contributed by atoms with E-state index in [9.17, 15) is 14.7 Å². The molecule has 2 amide bonds. The highest BCUT2D eigenvalue weighted by molar-refractivity contribution is 8.18. The van der Waals surface area contributed by atoms with Crippen LogP contribution in [0.25, 0.3) is 17.0 Å². The van der Waals surface area contributed by atoms with Gasteiger partial charge in [0.1, 0.15) is 17.4 Å². The highest BCUT2D eigenvalue weighted by Crippen LogP contribution is 2.32. The average Bonchev–Trinajstić information content (AvgIpc) is 3.15. The van der Waals surface area contributed by atoms with Crippen molar-refractivity contribution in [3.63, 3.8) is 0 Å². The number of nitrogens with one attached hydrogen (secondary N) is 1. The molecule has 0 saturated carbocycles. The molecule has 1 aliphatic rings. The Balaban J connectivity index is 1.65. The third-order valence-corrected chi connectivity index (χ3v) is 5.82. The average molecular weight is 449 g/mol. The Kier molecular flexibility index (Phi) is 6.20. The first-order valence-corrected chi connectivity index (χ1v) is 10.5. The van der Waals surface area contributed by atoms with E-state index < -0.39 is 11.9 Å². The fourth-order valence-electron chi connectivity index (χ4n) is 3.35. The Morgan fingerprint density at radius 2 is 2.09 bits per heavy atom. The van der Waals surface area contributed by atoms with E-state index in [1.807, 2.05) is 36.4 Å². The molecule has 0 spiro atoms. The van der Waals surface area contributed by atoms with Gasteiger partial charge in [0.05, 0.1) is 24.1 Å². The van der Waals surface area contributed by atoms with Crippen LogP contribution in [0.4, 0.5) is 0 Å². The molecule has 4 N–H and O–H groups in total. The molecule has 162 valence electrons. The number of fused-ring (bicyclic) bond motifs is 1. The minimum atomic E-state index is -0.636. The molecule has 1 aliphatic heterocycles. The Hall–Kier alpha value is -3.69. The second kappa shape index (κ2) is 9.21. The summed E-state index contributed by atoms with van der Waals surface area (Å²) in [7, 11) is 1.46. The predicted octanol–water partition coefficient (Wildman–Crippen LogP) is 2.64. The number of thioether (sulfide) groups is 1. The van der Waals surface area contributed by atoms with E-state index in [0.717, 1.165) is 11.1 Å². The Morgan fingerprint density at radius 1 is 1.31 bits per heavy atom. The SMILES string of the molecule is COc1c(C(N)=O)cnc2ccc(C=C3SC(=N[C@@H](CO)c4ccccc4)NC3=O)cc12. The number of aliphatic hydroxyl groups excluding tert-OH is 1. The lowest BCUT2D eigenvalue weighted by molar-refractivity contribution is -0.115. The number of aliphatic hydroxyl groups is 1. The second-order valence-corrected chi connectivity index (χ2v) is 7.98. The van der Waals surface area contributed by atoms with E-state index in [4.69, 9.17) is 10.5 Å². The van der Waals surface area contributed by atoms with Gasteiger partial charge in [-0.25, -0.2) is 0 Å². The molecule has 0 radical (unpaired) electrons. The third-order valence-electron chi connectivity index (χ3n) is 4.89. The van der Waals surface area contributed by atoms with Crippen LogP contribution in [0.15, 0.2) is 64.6 Å². The summed E-state index contributed by atoms with van der Waals surface area (Å²) >= 11 is 1.19. The van der Waals surface area contributed by atoms with Crippen molar-refractivity contribution >= 4 is 45.7 Å². The van der Waals surface area contributed by atoms with Gasteiger partial charge in [0.2, 0.25) is 0 Å². The number of nitrogens with zero attached hydrogens (tertiary/aromatic N) is 2. The minimum Gasteiger partial charge on any atom is -0.495 e. The van der Waals surface area contributed by atoms with Gasteiger partial charge >= 0.3 is 0 Å². The molecule has 8 nitrogen and oxygen atoms in total. The van der Waals surface area contributed by atoms with E-state index >= 15 is 0 Å². The molecule has 9 heteroatoms. The number of amidine groups is 1. The molecule has 32 heavy (non-hydrogen) atoms. The second-order valence-electron chi connectivity index (χ2n) is 6.95. The smallest absolute Gasteiger partial charge is 0.264 e. The summed E-state index contributed by atoms with van der Waals surface area (Å²) in [5, 5.41) is 13.5. The van der Waals surface area contributed by atoms with Crippen LogP contribution < -0.4 is 15.8 Å². The fraction of sp³-hybridized carbons (Fsp3) is 0.130. The number of rotatable bonds is 6. The van der Waals surface area contributed by atoms with Crippen molar-refractivity contribution in [3.05, 3.63) is 76.3 Å². The zero-order chi connectivity index (χ0) is 22.7. The highest BCUT2D eigenvalue weighted by atomic mass is 32.2. The number of aromatic nitrogens is 1. The number of amides is 2. The summed E-state index contributed by atoms with van der Waals surface area (Å²) < 4.78 is 5.39. The van der Waals surface area contributed by atoms with Crippen molar-refractivity contribution < 1.29 is 19.4 Å². The van der Waals surface area contributed by atoms with Crippen LogP contribution in [-0.4, -0.2) is 40.8 Å². The largest absolute Gasteiger partial charge is 0.495 e. The molecule has 0 aliphatic carbocycles. The van der Waals surface area contributed by atoms with Crippen LogP contribution in [0.2, 0.25) is 0 Å². The van der Waals surface area contributed by atoms with Crippen LogP contribution in [0, 0.1) is 0 Å². The number of methoxy groups -OCH3 is 1. The number of hydrogen-bond acceptors (Lipinski definition) is 7. The van der Waals surface area contributed by atoms with Gasteiger partial charge in [-0.2, -0.15) is 0 Å². The molecule has 2 aromatic carbocycles. The molecule has 1 fully saturated rings. The number of aliphatic imine (C=N–C) groups is 1. The van der Waals surface area contributed by atoms with Crippen molar-refractivity contribution in [2.45, 2.75) is 6.04 Å². The van der Waals surface area contributed by atoms with Crippen molar-refractivity contribution in [3.8, 4) is 5.75 Å². The number of carbonyl (C=O) groups excluding carboxylic acids is 2. The molecule has 0 unspecified atom stereocenters. The number of carbonyl (C=O) groups is 2. The Morgan fingerprint density at radius 3 is 2.78 bits per heavy atom. The van der Waals surface area contributed by atoms with E-state index in [-0.39, 0.29) is 18.1 Å². The maximum Gasteiger partial charge on any atom is 0.264 e. The fourth-order valence-corrected chi connectivity index (χ4v) is 4.22. The first kappa shape index (κ1) is 21.5. The van der Waals surface area contributed by atoms with Gasteiger partial charge in [0.15, 0.2) is 5.17 Å². The normalized spacial score (nSPS) is 17.0. The van der Waals surface area contributed by atoms with Gasteiger partial charge < -0.3 is 20.9 Å². The number of benzene rings is 2. The van der Waals surface area contributed by atoms with Crippen LogP contribution in [0.5, 0.6) is 5.75 Å². The summed E-state index contributed by atoms with van der Waals surface area (Å²) in [6.07, 6.45) is 3.10. The van der Waals surface area contributed by atoms with Gasteiger partial charge in [-0.1, -0.05) is 36.4 Å². The molecular weight excluding hydrogens is 428 g/mol. The predicted molar refractivity (Wildman–Crippen MR) is 124 cm³/mol. The zero-order valence-corrected chi connectivity index (χ0v) is 17.9. The summed E-state index contributed by atoms with van der Waals surface area (Å²) in [6, 6.07) is 14.3. The Labute approximate surface area is 188 Å². The van der Waals surface area contributed by atoms with E-state index in [1.165, 1.54) is 25.1 Å². The highest BCUT2D eigenvalue weighted by Gasteiger charge is 2.25. The quantitative estimate of drug-likeness (QED) is 0.498. The van der Waals surface area contributed by atoms with Crippen LogP contribution >= 0.6 is 11.8 Å². The molecule has 4 rings (SSSR count). The summed E-state index contributed by atoms with van der Waals surface area (Å²) in [4.78, 5) is 33.4. The Bertz CT molecular complexity index is 1260. The summed E-state index contributed by atoms with van der Waals surface area (Å²) in [5.74, 6) is -0.583. The van der Waals surface area contributed by atoms with Crippen molar-refractivity contribution in [1.82, 2.24) is 10.3 Å². The van der Waals surface area contributed by atoms with Crippen molar-refractivity contribution in [2.75, 3.05) is 13.7 Å². The maximum atomic E-state index is 12.5. The lowest BCUT2D eigenvalue weighted by atomic mass is 10.1. The van der Waals surface area contributed by atoms with Gasteiger partial charge in [-0.3, -0.25) is 19.6 Å². The lowest BCUT2D eigenvalue weighted by Crippen LogP contribution is -2.21. The molecular formula is C23H20N4O4S. The lowest BCUT2D eigenvalue weighted by Gasteiger charge is -2.10. The number of primary amides is 1. The first-order chi connectivity index (χ1) is 15.5. The van der Waals surface area contributed by atoms with E-state index in [2.05, 4.69) is 15.3 Å². The van der Waals surface area contributed by atoms with Crippen molar-refractivity contribution in [1.29, 1.82) is 0 Å². The van der Waals surface area contributed by atoms with Gasteiger partial charge in [-0.15, -0.1) is 0 Å². The van der Waals surface area contributed by atoms with Gasteiger partial charge in [0, 0.05) is 11.6 Å². The van der Waals surface area contributed by atoms with Crippen LogP contribution in [0.3, 0.4) is 0 Å². The number of nitrogens with two attached hydrogens (primary N) is 1. The van der Waals surface area contributed by atoms with E-state index in [0.29, 0.717) is 26.7 Å². The zero-order valence-electron chi connectivity index (χ0n) is 17.1. The molecule has 0 bridgehead atoms. The van der Waals surface area contributed by atoms with E-state index in [1.54, 1.807) is 18.2 Å². The van der Waals surface area contributed by atoms with Gasteiger partial charge in [-0.05, 0) is 41.1 Å². The number of ether oxygens (including phenoxy) is 1. The van der Waals surface area contributed by atoms with Crippen LogP contribution in [-0.2, 0) is 4.79 Å². The number of hydrogen-bond donors (Lipinski definition) is 3.